The molecule has 1 aliphatic heterocycles. The number of rotatable bonds is 5. The van der Waals surface area contributed by atoms with Gasteiger partial charge in [-0.2, -0.15) is 5.26 Å². The molecule has 0 radical (unpaired) electrons. The fraction of sp³-hybridized carbons (Fsp3) is 0.240. The second-order valence-corrected chi connectivity index (χ2v) is 7.83. The van der Waals surface area contributed by atoms with Crippen molar-refractivity contribution in [3.63, 3.8) is 0 Å². The summed E-state index contributed by atoms with van der Waals surface area (Å²) in [6.07, 6.45) is 5.65. The Hall–Kier alpha value is -3.85. The summed E-state index contributed by atoms with van der Waals surface area (Å²) in [5, 5.41) is 12.3. The average Bonchev–Trinajstić information content (AvgIpc) is 3.08. The molecule has 1 fully saturated rings. The molecule has 1 aliphatic rings. The summed E-state index contributed by atoms with van der Waals surface area (Å²) in [5.41, 5.74) is 2.34. The summed E-state index contributed by atoms with van der Waals surface area (Å²) < 4.78 is 6.02. The van der Waals surface area contributed by atoms with E-state index in [0.29, 0.717) is 17.9 Å². The van der Waals surface area contributed by atoms with Crippen LogP contribution in [0.15, 0.2) is 73.1 Å². The number of pyridine rings is 1. The van der Waals surface area contributed by atoms with Gasteiger partial charge in [0.15, 0.2) is 6.19 Å². The highest BCUT2D eigenvalue weighted by Crippen LogP contribution is 2.32. The minimum atomic E-state index is -0.137. The number of carbonyl (C=O) groups excluding carboxylic acids is 1. The summed E-state index contributed by atoms with van der Waals surface area (Å²) >= 11 is 0. The van der Waals surface area contributed by atoms with E-state index in [9.17, 15) is 10.1 Å². The largest absolute Gasteiger partial charge is 0.457 e. The maximum atomic E-state index is 12.8. The fourth-order valence-corrected chi connectivity index (χ4v) is 3.99. The Labute approximate surface area is 182 Å². The monoisotopic (exact) mass is 412 g/mol. The predicted octanol–water partition coefficient (Wildman–Crippen LogP) is 4.46. The maximum Gasteiger partial charge on any atom is 0.251 e. The topological polar surface area (TPSA) is 78.3 Å². The summed E-state index contributed by atoms with van der Waals surface area (Å²) in [5.74, 6) is 1.52. The molecule has 156 valence electrons. The van der Waals surface area contributed by atoms with E-state index in [4.69, 9.17) is 4.74 Å². The SMILES string of the molecule is CC1CN(C#N)C(C)[C@@H]1NC(=O)c1ccc(-c2cnccc2Oc2ccccc2)cc1. The van der Waals surface area contributed by atoms with Gasteiger partial charge in [-0.15, -0.1) is 0 Å². The predicted molar refractivity (Wildman–Crippen MR) is 118 cm³/mol. The lowest BCUT2D eigenvalue weighted by Gasteiger charge is -2.22. The normalized spacial score (nSPS) is 20.2. The van der Waals surface area contributed by atoms with E-state index in [0.717, 1.165) is 16.9 Å². The zero-order chi connectivity index (χ0) is 21.8. The van der Waals surface area contributed by atoms with Gasteiger partial charge in [0.2, 0.25) is 0 Å². The summed E-state index contributed by atoms with van der Waals surface area (Å²) in [6, 6.07) is 18.7. The van der Waals surface area contributed by atoms with Gasteiger partial charge in [0.05, 0.1) is 12.1 Å². The van der Waals surface area contributed by atoms with Crippen molar-refractivity contribution < 1.29 is 9.53 Å². The second-order valence-electron chi connectivity index (χ2n) is 7.83. The number of ether oxygens (including phenoxy) is 1. The zero-order valence-electron chi connectivity index (χ0n) is 17.5. The average molecular weight is 412 g/mol. The zero-order valence-corrected chi connectivity index (χ0v) is 17.5. The Balaban J connectivity index is 1.50. The van der Waals surface area contributed by atoms with Gasteiger partial charge >= 0.3 is 0 Å². The van der Waals surface area contributed by atoms with Gasteiger partial charge in [0.1, 0.15) is 11.5 Å². The molecular weight excluding hydrogens is 388 g/mol. The molecule has 3 atom stereocenters. The highest BCUT2D eigenvalue weighted by Gasteiger charge is 2.37. The molecule has 0 aliphatic carbocycles. The number of hydrogen-bond donors (Lipinski definition) is 1. The van der Waals surface area contributed by atoms with Crippen LogP contribution in [0.25, 0.3) is 11.1 Å². The summed E-state index contributed by atoms with van der Waals surface area (Å²) in [4.78, 5) is 18.7. The number of carbonyl (C=O) groups is 1. The van der Waals surface area contributed by atoms with E-state index in [1.165, 1.54) is 0 Å². The molecule has 3 aromatic rings. The van der Waals surface area contributed by atoms with E-state index >= 15 is 0 Å². The highest BCUT2D eigenvalue weighted by molar-refractivity contribution is 5.95. The Morgan fingerprint density at radius 2 is 1.87 bits per heavy atom. The van der Waals surface area contributed by atoms with Crippen molar-refractivity contribution in [2.45, 2.75) is 25.9 Å². The summed E-state index contributed by atoms with van der Waals surface area (Å²) in [6.45, 7) is 4.68. The van der Waals surface area contributed by atoms with Crippen molar-refractivity contribution in [3.8, 4) is 28.8 Å². The first-order chi connectivity index (χ1) is 15.1. The number of nitrogens with zero attached hydrogens (tertiary/aromatic N) is 3. The first-order valence-electron chi connectivity index (χ1n) is 10.3. The van der Waals surface area contributed by atoms with Crippen molar-refractivity contribution in [1.82, 2.24) is 15.2 Å². The van der Waals surface area contributed by atoms with Gasteiger partial charge in [-0.05, 0) is 48.7 Å². The first-order valence-corrected chi connectivity index (χ1v) is 10.3. The van der Waals surface area contributed by atoms with Crippen LogP contribution in [0.5, 0.6) is 11.5 Å². The molecule has 1 amide bonds. The molecule has 1 aromatic heterocycles. The Morgan fingerprint density at radius 1 is 1.13 bits per heavy atom. The van der Waals surface area contributed by atoms with E-state index in [-0.39, 0.29) is 23.9 Å². The Kier molecular flexibility index (Phi) is 5.85. The lowest BCUT2D eigenvalue weighted by Crippen LogP contribution is -2.44. The fourth-order valence-electron chi connectivity index (χ4n) is 3.99. The van der Waals surface area contributed by atoms with E-state index < -0.39 is 0 Å². The molecule has 1 N–H and O–H groups in total. The molecule has 6 nitrogen and oxygen atoms in total. The van der Waals surface area contributed by atoms with Gasteiger partial charge < -0.3 is 15.0 Å². The molecule has 0 spiro atoms. The van der Waals surface area contributed by atoms with Crippen molar-refractivity contribution in [2.75, 3.05) is 6.54 Å². The van der Waals surface area contributed by atoms with Gasteiger partial charge in [-0.3, -0.25) is 9.78 Å². The third kappa shape index (κ3) is 4.36. The van der Waals surface area contributed by atoms with Crippen LogP contribution in [0.3, 0.4) is 0 Å². The van der Waals surface area contributed by atoms with Crippen LogP contribution in [0.4, 0.5) is 0 Å². The molecule has 1 saturated heterocycles. The van der Waals surface area contributed by atoms with Crippen LogP contribution in [-0.2, 0) is 0 Å². The molecule has 2 heterocycles. The van der Waals surface area contributed by atoms with Crippen LogP contribution in [0, 0.1) is 17.4 Å². The third-order valence-electron chi connectivity index (χ3n) is 5.75. The number of nitriles is 1. The quantitative estimate of drug-likeness (QED) is 0.626. The third-order valence-corrected chi connectivity index (χ3v) is 5.75. The van der Waals surface area contributed by atoms with E-state index in [1.807, 2.05) is 55.5 Å². The van der Waals surface area contributed by atoms with Gasteiger partial charge in [0, 0.05) is 30.1 Å². The van der Waals surface area contributed by atoms with Gasteiger partial charge in [-0.25, -0.2) is 0 Å². The number of aromatic nitrogens is 1. The molecule has 4 rings (SSSR count). The second kappa shape index (κ2) is 8.88. The number of para-hydroxylation sites is 1. The molecule has 2 unspecified atom stereocenters. The smallest absolute Gasteiger partial charge is 0.251 e. The minimum Gasteiger partial charge on any atom is -0.457 e. The Bertz CT molecular complexity index is 1090. The lowest BCUT2D eigenvalue weighted by atomic mass is 10.0. The molecule has 2 aromatic carbocycles. The molecule has 0 saturated carbocycles. The minimum absolute atomic E-state index is 0.0173. The van der Waals surface area contributed by atoms with Crippen molar-refractivity contribution >= 4 is 5.91 Å². The molecular formula is C25H24N4O2. The van der Waals surface area contributed by atoms with Crippen LogP contribution >= 0.6 is 0 Å². The molecule has 6 heteroatoms. The van der Waals surface area contributed by atoms with E-state index in [1.54, 1.807) is 29.4 Å². The van der Waals surface area contributed by atoms with Gasteiger partial charge in [0.25, 0.3) is 5.91 Å². The van der Waals surface area contributed by atoms with Crippen molar-refractivity contribution in [1.29, 1.82) is 5.26 Å². The van der Waals surface area contributed by atoms with Crippen LogP contribution in [-0.4, -0.2) is 34.4 Å². The molecule has 31 heavy (non-hydrogen) atoms. The van der Waals surface area contributed by atoms with E-state index in [2.05, 4.69) is 23.4 Å². The summed E-state index contributed by atoms with van der Waals surface area (Å²) in [7, 11) is 0. The highest BCUT2D eigenvalue weighted by atomic mass is 16.5. The van der Waals surface area contributed by atoms with Crippen molar-refractivity contribution in [2.24, 2.45) is 5.92 Å². The maximum absolute atomic E-state index is 12.8. The number of amides is 1. The van der Waals surface area contributed by atoms with Crippen LogP contribution in [0.2, 0.25) is 0 Å². The number of hydrogen-bond acceptors (Lipinski definition) is 5. The Morgan fingerprint density at radius 3 is 2.55 bits per heavy atom. The van der Waals surface area contributed by atoms with Crippen molar-refractivity contribution in [3.05, 3.63) is 78.6 Å². The lowest BCUT2D eigenvalue weighted by molar-refractivity contribution is 0.0924. The van der Waals surface area contributed by atoms with Crippen LogP contribution in [0.1, 0.15) is 24.2 Å². The number of benzene rings is 2. The first kappa shape index (κ1) is 20.4. The number of nitrogens with one attached hydrogen (secondary N) is 1. The van der Waals surface area contributed by atoms with Crippen LogP contribution < -0.4 is 10.1 Å². The molecule has 0 bridgehead atoms. The van der Waals surface area contributed by atoms with Gasteiger partial charge in [-0.1, -0.05) is 37.3 Å². The standard InChI is InChI=1S/C25H24N4O2/c1-17-15-29(16-26)18(2)24(17)28-25(30)20-10-8-19(9-11-20)22-14-27-13-12-23(22)31-21-6-4-3-5-7-21/h3-14,17-18,24H,15H2,1-2H3,(H,28,30)/t17?,18?,24-/m1/s1. The number of likely N-dealkylation sites (tertiary alicyclic amines) is 1.